The number of nitro groups is 1. The Morgan fingerprint density at radius 1 is 0.969 bits per heavy atom. The van der Waals surface area contributed by atoms with Crippen LogP contribution in [0.15, 0.2) is 53.6 Å². The Balaban J connectivity index is 1.29. The average molecular weight is 460 g/mol. The Morgan fingerprint density at radius 3 is 2.19 bits per heavy atom. The molecule has 170 valence electrons. The molecule has 0 atom stereocenters. The van der Waals surface area contributed by atoms with E-state index in [0.29, 0.717) is 57.9 Å². The zero-order valence-corrected chi connectivity index (χ0v) is 18.4. The molecule has 0 N–H and O–H groups in total. The minimum absolute atomic E-state index is 0.0526. The van der Waals surface area contributed by atoms with E-state index < -0.39 is 14.9 Å². The number of rotatable bonds is 5. The lowest BCUT2D eigenvalue weighted by atomic mass is 9.96. The number of sulfonamides is 1. The van der Waals surface area contributed by atoms with E-state index in [2.05, 4.69) is 4.98 Å². The molecule has 32 heavy (non-hydrogen) atoms. The lowest BCUT2D eigenvalue weighted by molar-refractivity contribution is -0.385. The van der Waals surface area contributed by atoms with E-state index in [9.17, 15) is 23.3 Å². The van der Waals surface area contributed by atoms with Gasteiger partial charge >= 0.3 is 0 Å². The van der Waals surface area contributed by atoms with Crippen molar-refractivity contribution in [2.75, 3.05) is 44.2 Å². The molecule has 0 unspecified atom stereocenters. The first-order valence-corrected chi connectivity index (χ1v) is 12.0. The number of benzene rings is 1. The van der Waals surface area contributed by atoms with Crippen molar-refractivity contribution < 1.29 is 18.1 Å². The number of piperazine rings is 1. The summed E-state index contributed by atoms with van der Waals surface area (Å²) in [5.41, 5.74) is -0.0526. The molecule has 2 fully saturated rings. The molecule has 0 radical (unpaired) electrons. The molecule has 11 heteroatoms. The number of carbonyl (C=O) groups is 1. The SMILES string of the molecule is O=C(C1CCN(S(=O)(=O)c2ccccc2)CC1)N1CCN(c2ccc([N+](=O)[O-])cn2)CC1. The Kier molecular flexibility index (Phi) is 6.38. The predicted molar refractivity (Wildman–Crippen MR) is 118 cm³/mol. The first kappa shape index (κ1) is 22.2. The highest BCUT2D eigenvalue weighted by Gasteiger charge is 2.34. The lowest BCUT2D eigenvalue weighted by Crippen LogP contribution is -2.52. The molecule has 1 aromatic carbocycles. The van der Waals surface area contributed by atoms with E-state index in [0.717, 1.165) is 0 Å². The van der Waals surface area contributed by atoms with E-state index in [1.807, 2.05) is 9.80 Å². The van der Waals surface area contributed by atoms with Gasteiger partial charge in [-0.1, -0.05) is 18.2 Å². The summed E-state index contributed by atoms with van der Waals surface area (Å²) in [5, 5.41) is 10.8. The monoisotopic (exact) mass is 459 g/mol. The molecule has 1 aromatic heterocycles. The highest BCUT2D eigenvalue weighted by Crippen LogP contribution is 2.26. The molecule has 10 nitrogen and oxygen atoms in total. The maximum atomic E-state index is 13.0. The lowest BCUT2D eigenvalue weighted by Gasteiger charge is -2.38. The fourth-order valence-electron chi connectivity index (χ4n) is 4.17. The van der Waals surface area contributed by atoms with Crippen LogP contribution in [0.25, 0.3) is 0 Å². The van der Waals surface area contributed by atoms with Crippen LogP contribution in [0.3, 0.4) is 0 Å². The molecule has 3 heterocycles. The summed E-state index contributed by atoms with van der Waals surface area (Å²) in [7, 11) is -3.53. The van der Waals surface area contributed by atoms with Gasteiger partial charge in [0.1, 0.15) is 12.0 Å². The standard InChI is InChI=1S/C21H25N5O5S/c27-21(17-8-10-25(11-9-17)32(30,31)19-4-2-1-3-5-19)24-14-12-23(13-15-24)20-7-6-18(16-22-20)26(28)29/h1-7,16-17H,8-15H2. The maximum Gasteiger partial charge on any atom is 0.287 e. The van der Waals surface area contributed by atoms with Crippen LogP contribution >= 0.6 is 0 Å². The van der Waals surface area contributed by atoms with Gasteiger partial charge in [0, 0.05) is 51.3 Å². The number of amides is 1. The molecule has 0 aliphatic carbocycles. The molecule has 2 aliphatic heterocycles. The van der Waals surface area contributed by atoms with Gasteiger partial charge in [0.2, 0.25) is 15.9 Å². The molecular formula is C21H25N5O5S. The van der Waals surface area contributed by atoms with Crippen LogP contribution in [-0.4, -0.2) is 72.7 Å². The zero-order valence-electron chi connectivity index (χ0n) is 17.5. The second-order valence-corrected chi connectivity index (χ2v) is 9.87. The quantitative estimate of drug-likeness (QED) is 0.494. The Labute approximate surface area is 186 Å². The van der Waals surface area contributed by atoms with Crippen LogP contribution in [0, 0.1) is 16.0 Å². The van der Waals surface area contributed by atoms with Gasteiger partial charge in [0.25, 0.3) is 5.69 Å². The fourth-order valence-corrected chi connectivity index (χ4v) is 5.66. The summed E-state index contributed by atoms with van der Waals surface area (Å²) >= 11 is 0. The summed E-state index contributed by atoms with van der Waals surface area (Å²) in [6.07, 6.45) is 2.26. The minimum Gasteiger partial charge on any atom is -0.353 e. The van der Waals surface area contributed by atoms with Gasteiger partial charge in [-0.15, -0.1) is 0 Å². The molecule has 1 amide bonds. The first-order chi connectivity index (χ1) is 15.4. The number of hydrogen-bond donors (Lipinski definition) is 0. The van der Waals surface area contributed by atoms with Crippen LogP contribution < -0.4 is 4.90 Å². The highest BCUT2D eigenvalue weighted by atomic mass is 32.2. The normalized spacial score (nSPS) is 18.5. The molecule has 0 spiro atoms. The highest BCUT2D eigenvalue weighted by molar-refractivity contribution is 7.89. The topological polar surface area (TPSA) is 117 Å². The van der Waals surface area contributed by atoms with Crippen molar-refractivity contribution >= 4 is 27.4 Å². The summed E-state index contributed by atoms with van der Waals surface area (Å²) in [6.45, 7) is 2.94. The Bertz CT molecular complexity index is 1060. The van der Waals surface area contributed by atoms with Crippen molar-refractivity contribution in [1.82, 2.24) is 14.2 Å². The number of anilines is 1. The summed E-state index contributed by atoms with van der Waals surface area (Å²) in [6, 6.07) is 11.4. The largest absolute Gasteiger partial charge is 0.353 e. The second-order valence-electron chi connectivity index (χ2n) is 7.94. The predicted octanol–water partition coefficient (Wildman–Crippen LogP) is 1.74. The summed E-state index contributed by atoms with van der Waals surface area (Å²) in [5.74, 6) is 0.543. The molecule has 4 rings (SSSR count). The second kappa shape index (κ2) is 9.21. The van der Waals surface area contributed by atoms with Crippen LogP contribution in [0.1, 0.15) is 12.8 Å². The van der Waals surface area contributed by atoms with Crippen molar-refractivity contribution in [3.05, 3.63) is 58.8 Å². The van der Waals surface area contributed by atoms with E-state index in [1.165, 1.54) is 16.6 Å². The van der Waals surface area contributed by atoms with Crippen LogP contribution in [0.2, 0.25) is 0 Å². The number of piperidine rings is 1. The summed E-state index contributed by atoms with van der Waals surface area (Å²) < 4.78 is 27.0. The molecule has 2 saturated heterocycles. The van der Waals surface area contributed by atoms with Crippen molar-refractivity contribution in [2.45, 2.75) is 17.7 Å². The number of aromatic nitrogens is 1. The van der Waals surface area contributed by atoms with E-state index in [4.69, 9.17) is 0 Å². The smallest absolute Gasteiger partial charge is 0.287 e. The zero-order chi connectivity index (χ0) is 22.7. The van der Waals surface area contributed by atoms with Gasteiger partial charge in [0.15, 0.2) is 0 Å². The molecular weight excluding hydrogens is 434 g/mol. The number of nitrogens with zero attached hydrogens (tertiary/aromatic N) is 5. The third kappa shape index (κ3) is 4.58. The van der Waals surface area contributed by atoms with Gasteiger partial charge in [-0.05, 0) is 31.0 Å². The van der Waals surface area contributed by atoms with Crippen molar-refractivity contribution in [3.8, 4) is 0 Å². The van der Waals surface area contributed by atoms with Gasteiger partial charge in [-0.25, -0.2) is 13.4 Å². The van der Waals surface area contributed by atoms with E-state index >= 15 is 0 Å². The first-order valence-electron chi connectivity index (χ1n) is 10.6. The third-order valence-corrected chi connectivity index (χ3v) is 7.96. The van der Waals surface area contributed by atoms with E-state index in [-0.39, 0.29) is 22.4 Å². The van der Waals surface area contributed by atoms with Crippen LogP contribution in [-0.2, 0) is 14.8 Å². The third-order valence-electron chi connectivity index (χ3n) is 6.04. The Morgan fingerprint density at radius 2 is 1.62 bits per heavy atom. The summed E-state index contributed by atoms with van der Waals surface area (Å²) in [4.78, 5) is 31.6. The Hall–Kier alpha value is -3.05. The van der Waals surface area contributed by atoms with E-state index in [1.54, 1.807) is 36.4 Å². The van der Waals surface area contributed by atoms with Gasteiger partial charge in [0.05, 0.1) is 9.82 Å². The fraction of sp³-hybridized carbons (Fsp3) is 0.429. The molecule has 0 saturated carbocycles. The van der Waals surface area contributed by atoms with Crippen molar-refractivity contribution in [3.63, 3.8) is 0 Å². The molecule has 2 aromatic rings. The van der Waals surface area contributed by atoms with Crippen LogP contribution in [0.5, 0.6) is 0 Å². The van der Waals surface area contributed by atoms with Gasteiger partial charge in [-0.3, -0.25) is 14.9 Å². The maximum absolute atomic E-state index is 13.0. The number of pyridine rings is 1. The molecule has 2 aliphatic rings. The van der Waals surface area contributed by atoms with Crippen LogP contribution in [0.4, 0.5) is 11.5 Å². The number of carbonyl (C=O) groups excluding carboxylic acids is 1. The number of hydrogen-bond acceptors (Lipinski definition) is 7. The minimum atomic E-state index is -3.53. The van der Waals surface area contributed by atoms with Crippen molar-refractivity contribution in [2.24, 2.45) is 5.92 Å². The van der Waals surface area contributed by atoms with Gasteiger partial charge < -0.3 is 9.80 Å². The molecule has 0 bridgehead atoms. The van der Waals surface area contributed by atoms with Crippen molar-refractivity contribution in [1.29, 1.82) is 0 Å². The van der Waals surface area contributed by atoms with Gasteiger partial charge in [-0.2, -0.15) is 4.31 Å². The average Bonchev–Trinajstić information content (AvgIpc) is 2.84.